The molecule has 146 valence electrons. The molecular formula is C20H27N3O3S. The monoisotopic (exact) mass is 389 g/mol. The summed E-state index contributed by atoms with van der Waals surface area (Å²) in [7, 11) is -1.22. The molecule has 0 saturated carbocycles. The molecular weight excluding hydrogens is 362 g/mol. The number of benzene rings is 1. The summed E-state index contributed by atoms with van der Waals surface area (Å²) in [4.78, 5) is 2.29. The fourth-order valence-corrected chi connectivity index (χ4v) is 6.63. The van der Waals surface area contributed by atoms with Crippen molar-refractivity contribution >= 4 is 9.84 Å². The average Bonchev–Trinajstić information content (AvgIpc) is 3.26. The van der Waals surface area contributed by atoms with Crippen LogP contribution in [0, 0.1) is 19.8 Å². The van der Waals surface area contributed by atoms with Gasteiger partial charge in [0.2, 0.25) is 0 Å². The minimum absolute atomic E-state index is 0.160. The Balaban J connectivity index is 1.48. The van der Waals surface area contributed by atoms with E-state index < -0.39 is 9.84 Å². The zero-order chi connectivity index (χ0) is 19.2. The predicted molar refractivity (Wildman–Crippen MR) is 105 cm³/mol. The van der Waals surface area contributed by atoms with Crippen molar-refractivity contribution in [2.24, 2.45) is 5.92 Å². The molecule has 0 bridgehead atoms. The van der Waals surface area contributed by atoms with Gasteiger partial charge in [0, 0.05) is 30.9 Å². The van der Waals surface area contributed by atoms with Gasteiger partial charge in [0.15, 0.2) is 9.84 Å². The van der Waals surface area contributed by atoms with E-state index in [0.717, 1.165) is 43.2 Å². The maximum atomic E-state index is 12.2. The molecule has 0 unspecified atom stereocenters. The molecule has 2 fully saturated rings. The lowest BCUT2D eigenvalue weighted by molar-refractivity contribution is 0.313. The van der Waals surface area contributed by atoms with E-state index in [9.17, 15) is 8.42 Å². The topological polar surface area (TPSA) is 64.4 Å². The van der Waals surface area contributed by atoms with Crippen LogP contribution in [-0.2, 0) is 22.9 Å². The summed E-state index contributed by atoms with van der Waals surface area (Å²) in [5.74, 6) is 1.53. The molecule has 1 aromatic heterocycles. The van der Waals surface area contributed by atoms with Crippen LogP contribution >= 0.6 is 0 Å². The first-order valence-corrected chi connectivity index (χ1v) is 11.2. The first-order valence-electron chi connectivity index (χ1n) is 9.47. The van der Waals surface area contributed by atoms with E-state index in [1.807, 2.05) is 23.7 Å². The highest BCUT2D eigenvalue weighted by molar-refractivity contribution is 7.92. The molecule has 27 heavy (non-hydrogen) atoms. The average molecular weight is 390 g/mol. The lowest BCUT2D eigenvalue weighted by atomic mass is 10.1. The molecule has 7 heteroatoms. The van der Waals surface area contributed by atoms with Crippen LogP contribution in [0.2, 0.25) is 0 Å². The largest absolute Gasteiger partial charge is 0.497 e. The third-order valence-electron chi connectivity index (χ3n) is 6.10. The molecule has 2 aliphatic rings. The Morgan fingerprint density at radius 2 is 1.89 bits per heavy atom. The Labute approximate surface area is 161 Å². The molecule has 0 spiro atoms. The standard InChI is InChI=1S/C20H27N3O3S/c1-14-19(12-22-11-17-8-9-27(24,25)20(17)13-22)15(2)23(21-14)10-16-4-6-18(26-3)7-5-16/h4-7,17,20H,8-13H2,1-3H3/t17-,20+/m0/s1. The molecule has 0 N–H and O–H groups in total. The molecule has 3 heterocycles. The number of methoxy groups -OCH3 is 1. The summed E-state index contributed by atoms with van der Waals surface area (Å²) < 4.78 is 31.6. The smallest absolute Gasteiger partial charge is 0.154 e. The quantitative estimate of drug-likeness (QED) is 0.784. The summed E-state index contributed by atoms with van der Waals surface area (Å²) in [6, 6.07) is 8.04. The van der Waals surface area contributed by atoms with Gasteiger partial charge >= 0.3 is 0 Å². The number of hydrogen-bond donors (Lipinski definition) is 0. The van der Waals surface area contributed by atoms with Crippen molar-refractivity contribution in [3.8, 4) is 5.75 Å². The van der Waals surface area contributed by atoms with Gasteiger partial charge in [-0.05, 0) is 43.9 Å². The zero-order valence-corrected chi connectivity index (χ0v) is 17.0. The van der Waals surface area contributed by atoms with Crippen molar-refractivity contribution in [1.29, 1.82) is 0 Å². The molecule has 0 radical (unpaired) electrons. The Morgan fingerprint density at radius 3 is 2.56 bits per heavy atom. The minimum Gasteiger partial charge on any atom is -0.497 e. The summed E-state index contributed by atoms with van der Waals surface area (Å²) in [5.41, 5.74) is 4.58. The van der Waals surface area contributed by atoms with E-state index >= 15 is 0 Å². The Bertz CT molecular complexity index is 934. The van der Waals surface area contributed by atoms with Crippen LogP contribution in [0.5, 0.6) is 5.75 Å². The molecule has 6 nitrogen and oxygen atoms in total. The number of ether oxygens (including phenoxy) is 1. The molecule has 0 aliphatic carbocycles. The van der Waals surface area contributed by atoms with Gasteiger partial charge < -0.3 is 4.74 Å². The highest BCUT2D eigenvalue weighted by Gasteiger charge is 2.46. The number of rotatable bonds is 5. The van der Waals surface area contributed by atoms with Crippen LogP contribution in [-0.4, -0.2) is 54.3 Å². The van der Waals surface area contributed by atoms with E-state index in [2.05, 4.69) is 24.0 Å². The van der Waals surface area contributed by atoms with Crippen LogP contribution in [0.25, 0.3) is 0 Å². The van der Waals surface area contributed by atoms with E-state index in [0.29, 0.717) is 18.2 Å². The van der Waals surface area contributed by atoms with E-state index in [1.54, 1.807) is 7.11 Å². The first kappa shape index (κ1) is 18.5. The van der Waals surface area contributed by atoms with E-state index in [1.165, 1.54) is 11.1 Å². The maximum Gasteiger partial charge on any atom is 0.154 e. The van der Waals surface area contributed by atoms with Gasteiger partial charge in [0.1, 0.15) is 5.75 Å². The third kappa shape index (κ3) is 3.50. The van der Waals surface area contributed by atoms with Gasteiger partial charge in [-0.15, -0.1) is 0 Å². The van der Waals surface area contributed by atoms with Gasteiger partial charge in [-0.25, -0.2) is 8.42 Å². The second-order valence-corrected chi connectivity index (χ2v) is 10.1. The van der Waals surface area contributed by atoms with Crippen LogP contribution in [0.3, 0.4) is 0 Å². The van der Waals surface area contributed by atoms with Gasteiger partial charge in [0.05, 0.1) is 30.4 Å². The van der Waals surface area contributed by atoms with Gasteiger partial charge in [-0.3, -0.25) is 9.58 Å². The van der Waals surface area contributed by atoms with Gasteiger partial charge in [-0.1, -0.05) is 12.1 Å². The lowest BCUT2D eigenvalue weighted by Crippen LogP contribution is -2.26. The number of hydrogen-bond acceptors (Lipinski definition) is 5. The molecule has 1 aromatic carbocycles. The minimum atomic E-state index is -2.88. The molecule has 2 aromatic rings. The van der Waals surface area contributed by atoms with Crippen molar-refractivity contribution in [1.82, 2.24) is 14.7 Å². The number of aryl methyl sites for hydroxylation is 1. The van der Waals surface area contributed by atoms with Crippen LogP contribution in [0.15, 0.2) is 24.3 Å². The highest BCUT2D eigenvalue weighted by Crippen LogP contribution is 2.34. The fourth-order valence-electron chi connectivity index (χ4n) is 4.45. The van der Waals surface area contributed by atoms with Crippen molar-refractivity contribution in [3.05, 3.63) is 46.8 Å². The normalized spacial score (nSPS) is 24.3. The SMILES string of the molecule is COc1ccc(Cn2nc(C)c(CN3C[C@@H]4CCS(=O)(=O)[C@@H]4C3)c2C)cc1. The highest BCUT2D eigenvalue weighted by atomic mass is 32.2. The Hall–Kier alpha value is -1.86. The number of fused-ring (bicyclic) bond motifs is 1. The van der Waals surface area contributed by atoms with Crippen LogP contribution in [0.4, 0.5) is 0 Å². The van der Waals surface area contributed by atoms with Crippen molar-refractivity contribution in [2.75, 3.05) is 26.0 Å². The van der Waals surface area contributed by atoms with E-state index in [4.69, 9.17) is 9.84 Å². The molecule has 2 aliphatic heterocycles. The third-order valence-corrected chi connectivity index (χ3v) is 8.36. The molecule has 4 rings (SSSR count). The number of aromatic nitrogens is 2. The zero-order valence-electron chi connectivity index (χ0n) is 16.2. The lowest BCUT2D eigenvalue weighted by Gasteiger charge is -2.17. The van der Waals surface area contributed by atoms with E-state index in [-0.39, 0.29) is 5.25 Å². The number of nitrogens with zero attached hydrogens (tertiary/aromatic N) is 3. The Morgan fingerprint density at radius 1 is 1.15 bits per heavy atom. The second-order valence-electron chi connectivity index (χ2n) is 7.80. The first-order chi connectivity index (χ1) is 12.9. The number of likely N-dealkylation sites (tertiary alicyclic amines) is 1. The number of sulfone groups is 1. The van der Waals surface area contributed by atoms with Crippen molar-refractivity contribution < 1.29 is 13.2 Å². The van der Waals surface area contributed by atoms with Crippen molar-refractivity contribution in [2.45, 2.75) is 38.6 Å². The molecule has 2 atom stereocenters. The van der Waals surface area contributed by atoms with Crippen LogP contribution in [0.1, 0.15) is 28.9 Å². The summed E-state index contributed by atoms with van der Waals surface area (Å²) in [5, 5.41) is 4.57. The predicted octanol–water partition coefficient (Wildman–Crippen LogP) is 2.18. The summed E-state index contributed by atoms with van der Waals surface area (Å²) >= 11 is 0. The molecule has 2 saturated heterocycles. The van der Waals surface area contributed by atoms with Gasteiger partial charge in [-0.2, -0.15) is 5.10 Å². The van der Waals surface area contributed by atoms with Crippen molar-refractivity contribution in [3.63, 3.8) is 0 Å². The summed E-state index contributed by atoms with van der Waals surface area (Å²) in [6.45, 7) is 7.19. The van der Waals surface area contributed by atoms with Crippen LogP contribution < -0.4 is 4.74 Å². The Kier molecular flexibility index (Phi) is 4.76. The summed E-state index contributed by atoms with van der Waals surface area (Å²) in [6.07, 6.45) is 0.818. The second kappa shape index (κ2) is 6.95. The molecule has 0 amide bonds. The maximum absolute atomic E-state index is 12.2. The fraction of sp³-hybridized carbons (Fsp3) is 0.550. The van der Waals surface area contributed by atoms with Gasteiger partial charge in [0.25, 0.3) is 0 Å².